The minimum absolute atomic E-state index is 0.0261. The van der Waals surface area contributed by atoms with Crippen molar-refractivity contribution in [2.75, 3.05) is 6.54 Å². The number of nitrogens with two attached hydrogens (primary N) is 1. The Bertz CT molecular complexity index is 390. The molecule has 1 rings (SSSR count). The van der Waals surface area contributed by atoms with Crippen LogP contribution < -0.4 is 5.73 Å². The highest BCUT2D eigenvalue weighted by Gasteiger charge is 2.40. The van der Waals surface area contributed by atoms with Gasteiger partial charge in [0.15, 0.2) is 0 Å². The zero-order valence-electron chi connectivity index (χ0n) is 10.6. The molecule has 1 atom stereocenters. The number of hydrogen-bond acceptors (Lipinski definition) is 4. The van der Waals surface area contributed by atoms with E-state index in [2.05, 4.69) is 4.98 Å². The lowest BCUT2D eigenvalue weighted by molar-refractivity contribution is -0.151. The molecule has 0 spiro atoms. The fraction of sp³-hybridized carbons (Fsp3) is 0.667. The molecule has 0 saturated heterocycles. The summed E-state index contributed by atoms with van der Waals surface area (Å²) in [4.78, 5) is 16.8. The fourth-order valence-corrected chi connectivity index (χ4v) is 2.75. The Balaban J connectivity index is 2.81. The highest BCUT2D eigenvalue weighted by atomic mass is 32.1. The summed E-state index contributed by atoms with van der Waals surface area (Å²) < 4.78 is 0. The number of carboxylic acids is 1. The van der Waals surface area contributed by atoms with Crippen LogP contribution in [0.2, 0.25) is 0 Å². The van der Waals surface area contributed by atoms with E-state index in [-0.39, 0.29) is 12.5 Å². The SMILES string of the molecule is Cc1ncsc1CCC(CN)(C(=O)O)C(C)C. The molecular formula is C12H20N2O2S. The van der Waals surface area contributed by atoms with Crippen LogP contribution in [0.3, 0.4) is 0 Å². The lowest BCUT2D eigenvalue weighted by Crippen LogP contribution is -2.43. The van der Waals surface area contributed by atoms with Gasteiger partial charge in [-0.1, -0.05) is 13.8 Å². The lowest BCUT2D eigenvalue weighted by Gasteiger charge is -2.31. The summed E-state index contributed by atoms with van der Waals surface area (Å²) in [5.74, 6) is -0.768. The normalized spacial score (nSPS) is 14.9. The van der Waals surface area contributed by atoms with E-state index in [0.29, 0.717) is 6.42 Å². The summed E-state index contributed by atoms with van der Waals surface area (Å²) in [5.41, 5.74) is 7.66. The monoisotopic (exact) mass is 256 g/mol. The van der Waals surface area contributed by atoms with Crippen LogP contribution in [0, 0.1) is 18.3 Å². The van der Waals surface area contributed by atoms with Crippen LogP contribution in [0.15, 0.2) is 5.51 Å². The second-order valence-corrected chi connectivity index (χ2v) is 5.62. The number of carbonyl (C=O) groups is 1. The highest BCUT2D eigenvalue weighted by Crippen LogP contribution is 2.33. The fourth-order valence-electron chi connectivity index (χ4n) is 1.97. The first-order valence-electron chi connectivity index (χ1n) is 5.76. The number of hydrogen-bond donors (Lipinski definition) is 2. The van der Waals surface area contributed by atoms with Gasteiger partial charge in [-0.3, -0.25) is 4.79 Å². The van der Waals surface area contributed by atoms with E-state index in [1.54, 1.807) is 16.8 Å². The molecule has 3 N–H and O–H groups in total. The van der Waals surface area contributed by atoms with Gasteiger partial charge in [-0.05, 0) is 25.7 Å². The summed E-state index contributed by atoms with van der Waals surface area (Å²) in [7, 11) is 0. The third kappa shape index (κ3) is 2.84. The van der Waals surface area contributed by atoms with Crippen molar-refractivity contribution < 1.29 is 9.90 Å². The molecule has 1 heterocycles. The molecule has 0 saturated carbocycles. The summed E-state index contributed by atoms with van der Waals surface area (Å²) in [6.07, 6.45) is 1.30. The minimum atomic E-state index is -0.823. The molecule has 1 unspecified atom stereocenters. The number of nitrogens with zero attached hydrogens (tertiary/aromatic N) is 1. The van der Waals surface area contributed by atoms with E-state index < -0.39 is 11.4 Å². The van der Waals surface area contributed by atoms with Gasteiger partial charge in [-0.2, -0.15) is 0 Å². The van der Waals surface area contributed by atoms with Crippen molar-refractivity contribution in [2.45, 2.75) is 33.6 Å². The summed E-state index contributed by atoms with van der Waals surface area (Å²) in [6.45, 7) is 5.96. The molecule has 0 bridgehead atoms. The molecule has 0 radical (unpaired) electrons. The van der Waals surface area contributed by atoms with Gasteiger partial charge in [0.1, 0.15) is 0 Å². The average molecular weight is 256 g/mol. The van der Waals surface area contributed by atoms with Crippen molar-refractivity contribution >= 4 is 17.3 Å². The van der Waals surface area contributed by atoms with Gasteiger partial charge in [0, 0.05) is 11.4 Å². The third-order valence-corrected chi connectivity index (χ3v) is 4.53. The Morgan fingerprint density at radius 2 is 2.29 bits per heavy atom. The first-order valence-corrected chi connectivity index (χ1v) is 6.64. The molecule has 0 aliphatic heterocycles. The maximum atomic E-state index is 11.4. The lowest BCUT2D eigenvalue weighted by atomic mass is 9.73. The molecule has 0 amide bonds. The van der Waals surface area contributed by atoms with Gasteiger partial charge in [0.25, 0.3) is 0 Å². The van der Waals surface area contributed by atoms with Gasteiger partial charge < -0.3 is 10.8 Å². The van der Waals surface area contributed by atoms with Gasteiger partial charge in [-0.25, -0.2) is 4.98 Å². The van der Waals surface area contributed by atoms with E-state index in [1.165, 1.54) is 0 Å². The van der Waals surface area contributed by atoms with E-state index in [4.69, 9.17) is 5.73 Å². The van der Waals surface area contributed by atoms with Crippen molar-refractivity contribution in [3.63, 3.8) is 0 Å². The standard InChI is InChI=1S/C12H20N2O2S/c1-8(2)12(6-13,11(15)16)5-4-10-9(3)14-7-17-10/h7-8H,4-6,13H2,1-3H3,(H,15,16). The quantitative estimate of drug-likeness (QED) is 0.817. The molecule has 96 valence electrons. The first-order chi connectivity index (χ1) is 7.94. The molecule has 1 aromatic heterocycles. The maximum Gasteiger partial charge on any atom is 0.311 e. The van der Waals surface area contributed by atoms with Crippen LogP contribution in [0.4, 0.5) is 0 Å². The van der Waals surface area contributed by atoms with Crippen molar-refractivity contribution in [3.05, 3.63) is 16.1 Å². The zero-order chi connectivity index (χ0) is 13.1. The Labute approximate surface area is 106 Å². The van der Waals surface area contributed by atoms with Crippen molar-refractivity contribution in [2.24, 2.45) is 17.1 Å². The van der Waals surface area contributed by atoms with Gasteiger partial charge in [0.2, 0.25) is 0 Å². The Morgan fingerprint density at radius 1 is 1.65 bits per heavy atom. The molecule has 0 aromatic carbocycles. The van der Waals surface area contributed by atoms with Gasteiger partial charge in [-0.15, -0.1) is 11.3 Å². The third-order valence-electron chi connectivity index (χ3n) is 3.54. The summed E-state index contributed by atoms with van der Waals surface area (Å²) >= 11 is 1.58. The van der Waals surface area contributed by atoms with Crippen LogP contribution in [0.5, 0.6) is 0 Å². The van der Waals surface area contributed by atoms with E-state index >= 15 is 0 Å². The second-order valence-electron chi connectivity index (χ2n) is 4.68. The molecule has 4 nitrogen and oxygen atoms in total. The van der Waals surface area contributed by atoms with Crippen LogP contribution in [0.1, 0.15) is 30.8 Å². The second kappa shape index (κ2) is 5.60. The van der Waals surface area contributed by atoms with E-state index in [9.17, 15) is 9.90 Å². The minimum Gasteiger partial charge on any atom is -0.481 e. The number of rotatable bonds is 6. The Kier molecular flexibility index (Phi) is 4.65. The number of aromatic nitrogens is 1. The molecule has 0 fully saturated rings. The zero-order valence-corrected chi connectivity index (χ0v) is 11.4. The highest BCUT2D eigenvalue weighted by molar-refractivity contribution is 7.09. The molecule has 5 heteroatoms. The van der Waals surface area contributed by atoms with Gasteiger partial charge >= 0.3 is 5.97 Å². The maximum absolute atomic E-state index is 11.4. The van der Waals surface area contributed by atoms with Gasteiger partial charge in [0.05, 0.1) is 16.6 Å². The Morgan fingerprint density at radius 3 is 2.65 bits per heavy atom. The Hall–Kier alpha value is -0.940. The molecule has 0 aliphatic carbocycles. The van der Waals surface area contributed by atoms with Crippen molar-refractivity contribution in [1.82, 2.24) is 4.98 Å². The molecular weight excluding hydrogens is 236 g/mol. The predicted molar refractivity (Wildman–Crippen MR) is 69.1 cm³/mol. The number of aliphatic carboxylic acids is 1. The molecule has 1 aromatic rings. The topological polar surface area (TPSA) is 76.2 Å². The number of carboxylic acid groups (broad SMARTS) is 1. The summed E-state index contributed by atoms with van der Waals surface area (Å²) in [5, 5.41) is 9.40. The van der Waals surface area contributed by atoms with Crippen molar-refractivity contribution in [1.29, 1.82) is 0 Å². The van der Waals surface area contributed by atoms with E-state index in [1.807, 2.05) is 20.8 Å². The van der Waals surface area contributed by atoms with Crippen LogP contribution >= 0.6 is 11.3 Å². The molecule has 0 aliphatic rings. The largest absolute Gasteiger partial charge is 0.481 e. The van der Waals surface area contributed by atoms with Crippen LogP contribution in [-0.2, 0) is 11.2 Å². The summed E-state index contributed by atoms with van der Waals surface area (Å²) in [6, 6.07) is 0. The molecule has 17 heavy (non-hydrogen) atoms. The number of aryl methyl sites for hydroxylation is 2. The predicted octanol–water partition coefficient (Wildman–Crippen LogP) is 2.07. The van der Waals surface area contributed by atoms with Crippen molar-refractivity contribution in [3.8, 4) is 0 Å². The van der Waals surface area contributed by atoms with E-state index in [0.717, 1.165) is 17.0 Å². The smallest absolute Gasteiger partial charge is 0.311 e. The van der Waals surface area contributed by atoms with Crippen LogP contribution in [0.25, 0.3) is 0 Å². The first kappa shape index (κ1) is 14.1. The number of thiazole rings is 1. The average Bonchev–Trinajstić information content (AvgIpc) is 2.65. The van der Waals surface area contributed by atoms with Crippen LogP contribution in [-0.4, -0.2) is 22.6 Å².